The Morgan fingerprint density at radius 1 is 0.472 bits per heavy atom. The smallest absolute Gasteiger partial charge is 0.0112 e. The molecule has 36 heavy (non-hydrogen) atoms. The molecule has 8 bridgehead atoms. The summed E-state index contributed by atoms with van der Waals surface area (Å²) in [6.07, 6.45) is 18.0. The third-order valence-corrected chi connectivity index (χ3v) is 12.5. The van der Waals surface area contributed by atoms with Crippen LogP contribution in [-0.2, 0) is 10.8 Å². The predicted molar refractivity (Wildman–Crippen MR) is 149 cm³/mol. The average Bonchev–Trinajstić information content (AvgIpc) is 2.83. The Morgan fingerprint density at radius 3 is 1.00 bits per heavy atom. The molecule has 0 heteroatoms. The lowest BCUT2D eigenvalue weighted by atomic mass is 9.48. The van der Waals surface area contributed by atoms with Crippen molar-refractivity contribution in [2.24, 2.45) is 41.4 Å². The van der Waals surface area contributed by atoms with Crippen LogP contribution in [0.1, 0.15) is 119 Å². The quantitative estimate of drug-likeness (QED) is 0.401. The monoisotopic (exact) mass is 478 g/mol. The molecule has 0 atom stereocenters. The molecule has 0 spiro atoms. The summed E-state index contributed by atoms with van der Waals surface area (Å²) in [5, 5.41) is 0. The molecule has 190 valence electrons. The maximum absolute atomic E-state index is 2.56. The van der Waals surface area contributed by atoms with Gasteiger partial charge in [-0.2, -0.15) is 0 Å². The van der Waals surface area contributed by atoms with Crippen molar-refractivity contribution in [1.29, 1.82) is 0 Å². The normalized spacial score (nSPS) is 42.9. The van der Waals surface area contributed by atoms with E-state index < -0.39 is 0 Å². The van der Waals surface area contributed by atoms with Crippen molar-refractivity contribution in [3.05, 3.63) is 70.8 Å². The molecule has 0 saturated heterocycles. The zero-order valence-electron chi connectivity index (χ0n) is 22.7. The zero-order chi connectivity index (χ0) is 24.1. The van der Waals surface area contributed by atoms with Gasteiger partial charge in [0.05, 0.1) is 0 Å². The molecule has 8 aliphatic carbocycles. The molecule has 0 aromatic heterocycles. The van der Waals surface area contributed by atoms with E-state index in [0.717, 1.165) is 35.5 Å². The van der Waals surface area contributed by atoms with E-state index in [9.17, 15) is 0 Å². The lowest BCUT2D eigenvalue weighted by molar-refractivity contribution is -0.00530. The van der Waals surface area contributed by atoms with Gasteiger partial charge < -0.3 is 0 Å². The maximum Gasteiger partial charge on any atom is 0.0112 e. The third-order valence-electron chi connectivity index (χ3n) is 12.5. The number of hydrogen-bond acceptors (Lipinski definition) is 0. The first-order chi connectivity index (χ1) is 17.5. The summed E-state index contributed by atoms with van der Waals surface area (Å²) >= 11 is 0. The molecule has 8 fully saturated rings. The van der Waals surface area contributed by atoms with Crippen molar-refractivity contribution in [3.63, 3.8) is 0 Å². The highest BCUT2D eigenvalue weighted by Crippen LogP contribution is 2.62. The second-order valence-electron chi connectivity index (χ2n) is 15.4. The molecule has 0 nitrogen and oxygen atoms in total. The Bertz CT molecular complexity index is 958. The fourth-order valence-electron chi connectivity index (χ4n) is 12.0. The SMILES string of the molecule is CC(C)C(c1ccc(C23CC4CC(CC(C4)C2)C3)cc1)c1ccc(C23CC4CC(CC(C4)C2)C3)cc1. The molecule has 0 amide bonds. The largest absolute Gasteiger partial charge is 0.0619 e. The van der Waals surface area contributed by atoms with Crippen LogP contribution >= 0.6 is 0 Å². The summed E-state index contributed by atoms with van der Waals surface area (Å²) in [6.45, 7) is 4.84. The van der Waals surface area contributed by atoms with Gasteiger partial charge >= 0.3 is 0 Å². The van der Waals surface area contributed by atoms with Gasteiger partial charge in [0.2, 0.25) is 0 Å². The first-order valence-electron chi connectivity index (χ1n) is 15.7. The fourth-order valence-corrected chi connectivity index (χ4v) is 12.0. The van der Waals surface area contributed by atoms with E-state index in [4.69, 9.17) is 0 Å². The topological polar surface area (TPSA) is 0 Å². The first kappa shape index (κ1) is 22.4. The molecule has 10 rings (SSSR count). The van der Waals surface area contributed by atoms with Gasteiger partial charge in [0.15, 0.2) is 0 Å². The van der Waals surface area contributed by atoms with Crippen LogP contribution in [0.3, 0.4) is 0 Å². The van der Waals surface area contributed by atoms with Crippen LogP contribution in [0, 0.1) is 41.4 Å². The third kappa shape index (κ3) is 3.45. The van der Waals surface area contributed by atoms with Crippen molar-refractivity contribution in [2.75, 3.05) is 0 Å². The number of hydrogen-bond donors (Lipinski definition) is 0. The van der Waals surface area contributed by atoms with E-state index in [1.165, 1.54) is 88.2 Å². The molecule has 8 saturated carbocycles. The summed E-state index contributed by atoms with van der Waals surface area (Å²) in [7, 11) is 0. The van der Waals surface area contributed by atoms with Crippen LogP contribution in [0.25, 0.3) is 0 Å². The molecule has 2 aromatic carbocycles. The Labute approximate surface area is 219 Å². The van der Waals surface area contributed by atoms with Crippen LogP contribution in [0.4, 0.5) is 0 Å². The lowest BCUT2D eigenvalue weighted by Gasteiger charge is -2.57. The van der Waals surface area contributed by atoms with Crippen LogP contribution in [0.15, 0.2) is 48.5 Å². The van der Waals surface area contributed by atoms with Crippen molar-refractivity contribution in [2.45, 2.75) is 108 Å². The van der Waals surface area contributed by atoms with Crippen molar-refractivity contribution in [3.8, 4) is 0 Å². The van der Waals surface area contributed by atoms with E-state index in [-0.39, 0.29) is 0 Å². The summed E-state index contributed by atoms with van der Waals surface area (Å²) < 4.78 is 0. The Kier molecular flexibility index (Phi) is 4.97. The molecule has 2 aromatic rings. The van der Waals surface area contributed by atoms with Crippen molar-refractivity contribution >= 4 is 0 Å². The Hall–Kier alpha value is -1.56. The zero-order valence-corrected chi connectivity index (χ0v) is 22.7. The van der Waals surface area contributed by atoms with Gasteiger partial charge in [-0.05, 0) is 152 Å². The highest BCUT2D eigenvalue weighted by atomic mass is 14.6. The van der Waals surface area contributed by atoms with Gasteiger partial charge in [0.25, 0.3) is 0 Å². The van der Waals surface area contributed by atoms with E-state index >= 15 is 0 Å². The Balaban J connectivity index is 1.06. The highest BCUT2D eigenvalue weighted by molar-refractivity contribution is 5.40. The van der Waals surface area contributed by atoms with Crippen molar-refractivity contribution in [1.82, 2.24) is 0 Å². The number of rotatable bonds is 5. The minimum Gasteiger partial charge on any atom is -0.0619 e. The van der Waals surface area contributed by atoms with E-state index in [1.807, 2.05) is 0 Å². The summed E-state index contributed by atoms with van der Waals surface area (Å²) in [6, 6.07) is 20.3. The molecular formula is C36H46. The molecule has 8 aliphatic rings. The summed E-state index contributed by atoms with van der Waals surface area (Å²) in [5.74, 6) is 7.23. The standard InChI is InChI=1S/C36H46/c1-23(2)34(30-3-7-32(8-4-30)35-17-24-11-25(18-35)13-26(12-24)19-35)31-5-9-33(10-6-31)36-20-27-14-28(21-36)16-29(15-27)22-36/h3-10,23-29,34H,11-22H2,1-2H3. The average molecular weight is 479 g/mol. The molecule has 0 heterocycles. The number of benzene rings is 2. The van der Waals surface area contributed by atoms with Crippen LogP contribution < -0.4 is 0 Å². The van der Waals surface area contributed by atoms with Gasteiger partial charge in [-0.25, -0.2) is 0 Å². The van der Waals surface area contributed by atoms with Crippen molar-refractivity contribution < 1.29 is 0 Å². The van der Waals surface area contributed by atoms with Gasteiger partial charge in [-0.1, -0.05) is 62.4 Å². The second-order valence-corrected chi connectivity index (χ2v) is 15.4. The van der Waals surface area contributed by atoms with E-state index in [1.54, 1.807) is 11.1 Å². The Morgan fingerprint density at radius 2 is 0.750 bits per heavy atom. The predicted octanol–water partition coefficient (Wildman–Crippen LogP) is 9.41. The van der Waals surface area contributed by atoms with Crippen LogP contribution in [0.5, 0.6) is 0 Å². The summed E-state index contributed by atoms with van der Waals surface area (Å²) in [4.78, 5) is 0. The maximum atomic E-state index is 2.56. The molecule has 0 N–H and O–H groups in total. The van der Waals surface area contributed by atoms with E-state index in [0.29, 0.717) is 22.7 Å². The lowest BCUT2D eigenvalue weighted by Crippen LogP contribution is -2.48. The van der Waals surface area contributed by atoms with Gasteiger partial charge in [0.1, 0.15) is 0 Å². The molecule has 0 aliphatic heterocycles. The van der Waals surface area contributed by atoms with Crippen LogP contribution in [0.2, 0.25) is 0 Å². The van der Waals surface area contributed by atoms with Gasteiger partial charge in [-0.3, -0.25) is 0 Å². The minimum atomic E-state index is 0.501. The molecule has 0 unspecified atom stereocenters. The molecular weight excluding hydrogens is 432 g/mol. The van der Waals surface area contributed by atoms with Crippen LogP contribution in [-0.4, -0.2) is 0 Å². The summed E-state index contributed by atoms with van der Waals surface area (Å²) in [5.41, 5.74) is 7.43. The first-order valence-corrected chi connectivity index (χ1v) is 15.7. The minimum absolute atomic E-state index is 0.501. The van der Waals surface area contributed by atoms with E-state index in [2.05, 4.69) is 62.4 Å². The van der Waals surface area contributed by atoms with Gasteiger partial charge in [0, 0.05) is 5.92 Å². The highest BCUT2D eigenvalue weighted by Gasteiger charge is 2.52. The second kappa shape index (κ2) is 7.97. The molecule has 0 radical (unpaired) electrons. The fraction of sp³-hybridized carbons (Fsp3) is 0.667. The van der Waals surface area contributed by atoms with Gasteiger partial charge in [-0.15, -0.1) is 0 Å².